The van der Waals surface area contributed by atoms with Crippen molar-refractivity contribution in [2.45, 2.75) is 368 Å². The van der Waals surface area contributed by atoms with Crippen LogP contribution in [0, 0.1) is 5.92 Å². The van der Waals surface area contributed by atoms with Gasteiger partial charge in [0.15, 0.2) is 12.2 Å². The van der Waals surface area contributed by atoms with Crippen molar-refractivity contribution in [3.05, 3.63) is 0 Å². The number of hydrogen-bond acceptors (Lipinski definition) is 15. The molecular weight excluding hydrogens is 1150 g/mol. The second kappa shape index (κ2) is 61.6. The summed E-state index contributed by atoms with van der Waals surface area (Å²) in [6.45, 7) is 7.11. The fraction of sp³-hybridized carbons (Fsp3) is 0.941. The number of unbranched alkanes of at least 4 members (excludes halogenated alkanes) is 40. The van der Waals surface area contributed by atoms with E-state index >= 15 is 0 Å². The van der Waals surface area contributed by atoms with Gasteiger partial charge in [-0.05, 0) is 31.6 Å². The predicted molar refractivity (Wildman–Crippen MR) is 349 cm³/mol. The van der Waals surface area contributed by atoms with E-state index in [-0.39, 0.29) is 25.7 Å². The van der Waals surface area contributed by atoms with E-state index in [0.717, 1.165) is 89.9 Å². The standard InChI is InChI=1S/C68H132O17P2/c1-6-9-12-15-18-21-23-24-25-26-27-28-29-30-31-34-37-43-48-53-67(72)84-63(57-79-66(71)52-47-42-36-33-22-19-16-13-10-7-2)59-82-86(74,75)80-55-62(69)56-81-87(76,77)83-60-64(85-68(73)54-49-44-39-38-40-45-50-61(4)5)58-78-65(70)51-46-41-35-32-20-17-14-11-8-3/h61-64,69H,6-60H2,1-5H3,(H,74,75)(H,76,77)/t62-,63-,64-/m1/s1. The van der Waals surface area contributed by atoms with E-state index in [1.54, 1.807) is 0 Å². The summed E-state index contributed by atoms with van der Waals surface area (Å²) in [6.07, 6.45) is 47.5. The lowest BCUT2D eigenvalue weighted by atomic mass is 10.0. The van der Waals surface area contributed by atoms with Crippen LogP contribution in [0.1, 0.15) is 349 Å². The molecule has 0 aliphatic heterocycles. The molecule has 3 N–H and O–H groups in total. The molecule has 2 unspecified atom stereocenters. The highest BCUT2D eigenvalue weighted by atomic mass is 31.2. The quantitative estimate of drug-likeness (QED) is 0.0222. The molecule has 0 amide bonds. The Morgan fingerprint density at radius 3 is 0.782 bits per heavy atom. The SMILES string of the molecule is CCCCCCCCCCCCCCCCCCCCCC(=O)O[C@H](COC(=O)CCCCCCCCCCCC)COP(=O)(O)OC[C@@H](O)COP(=O)(O)OC[C@@H](COC(=O)CCCCCCCCCCC)OC(=O)CCCCCCCCC(C)C. The second-order valence-corrected chi connectivity index (χ2v) is 27.9. The molecule has 5 atom stereocenters. The van der Waals surface area contributed by atoms with Crippen LogP contribution in [-0.2, 0) is 65.4 Å². The smallest absolute Gasteiger partial charge is 0.462 e. The van der Waals surface area contributed by atoms with Crippen molar-refractivity contribution >= 4 is 39.5 Å². The van der Waals surface area contributed by atoms with Crippen molar-refractivity contribution in [3.8, 4) is 0 Å². The molecule has 0 fully saturated rings. The van der Waals surface area contributed by atoms with Crippen LogP contribution in [0.15, 0.2) is 0 Å². The van der Waals surface area contributed by atoms with Gasteiger partial charge in [0.1, 0.15) is 19.3 Å². The highest BCUT2D eigenvalue weighted by molar-refractivity contribution is 7.47. The molecule has 0 heterocycles. The monoisotopic (exact) mass is 1280 g/mol. The third-order valence-electron chi connectivity index (χ3n) is 15.8. The van der Waals surface area contributed by atoms with Gasteiger partial charge in [-0.2, -0.15) is 0 Å². The zero-order chi connectivity index (χ0) is 64.2. The maximum atomic E-state index is 13.0. The summed E-state index contributed by atoms with van der Waals surface area (Å²) < 4.78 is 68.1. The first kappa shape index (κ1) is 85.1. The van der Waals surface area contributed by atoms with Crippen molar-refractivity contribution in [1.29, 1.82) is 0 Å². The lowest BCUT2D eigenvalue weighted by Crippen LogP contribution is -2.30. The minimum absolute atomic E-state index is 0.102. The van der Waals surface area contributed by atoms with Crippen LogP contribution >= 0.6 is 15.6 Å². The summed E-state index contributed by atoms with van der Waals surface area (Å²) in [5.41, 5.74) is 0. The zero-order valence-electron chi connectivity index (χ0n) is 56.2. The van der Waals surface area contributed by atoms with E-state index in [0.29, 0.717) is 31.6 Å². The number of esters is 4. The highest BCUT2D eigenvalue weighted by Crippen LogP contribution is 2.45. The Hall–Kier alpha value is -1.94. The molecule has 0 bridgehead atoms. The second-order valence-electron chi connectivity index (χ2n) is 25.0. The molecular formula is C68H132O17P2. The van der Waals surface area contributed by atoms with Gasteiger partial charge in [-0.3, -0.25) is 37.3 Å². The van der Waals surface area contributed by atoms with Crippen LogP contribution in [0.3, 0.4) is 0 Å². The van der Waals surface area contributed by atoms with Crippen molar-refractivity contribution in [2.24, 2.45) is 5.92 Å². The molecule has 19 heteroatoms. The lowest BCUT2D eigenvalue weighted by Gasteiger charge is -2.21. The minimum Gasteiger partial charge on any atom is -0.462 e. The zero-order valence-corrected chi connectivity index (χ0v) is 57.9. The molecule has 0 rings (SSSR count). The summed E-state index contributed by atoms with van der Waals surface area (Å²) >= 11 is 0. The van der Waals surface area contributed by atoms with E-state index in [4.69, 9.17) is 37.0 Å². The predicted octanol–water partition coefficient (Wildman–Crippen LogP) is 19.4. The van der Waals surface area contributed by atoms with Gasteiger partial charge in [0, 0.05) is 25.7 Å². The summed E-state index contributed by atoms with van der Waals surface area (Å²) in [4.78, 5) is 72.3. The summed E-state index contributed by atoms with van der Waals surface area (Å²) in [5, 5.41) is 10.5. The van der Waals surface area contributed by atoms with Crippen LogP contribution in [0.25, 0.3) is 0 Å². The Labute approximate surface area is 530 Å². The van der Waals surface area contributed by atoms with Gasteiger partial charge in [-0.25, -0.2) is 9.13 Å². The summed E-state index contributed by atoms with van der Waals surface area (Å²) in [5.74, 6) is -1.46. The number of carbonyl (C=O) groups is 4. The molecule has 0 radical (unpaired) electrons. The third kappa shape index (κ3) is 62.6. The van der Waals surface area contributed by atoms with E-state index < -0.39 is 97.5 Å². The fourth-order valence-electron chi connectivity index (χ4n) is 10.3. The van der Waals surface area contributed by atoms with Gasteiger partial charge in [0.2, 0.25) is 0 Å². The number of phosphoric acid groups is 2. The molecule has 0 spiro atoms. The van der Waals surface area contributed by atoms with Gasteiger partial charge < -0.3 is 33.8 Å². The molecule has 17 nitrogen and oxygen atoms in total. The van der Waals surface area contributed by atoms with E-state index in [1.165, 1.54) is 173 Å². The van der Waals surface area contributed by atoms with Crippen LogP contribution < -0.4 is 0 Å². The van der Waals surface area contributed by atoms with Crippen molar-refractivity contribution < 1.29 is 80.2 Å². The molecule has 0 saturated heterocycles. The first-order valence-corrected chi connectivity index (χ1v) is 38.6. The van der Waals surface area contributed by atoms with Crippen molar-refractivity contribution in [1.82, 2.24) is 0 Å². The van der Waals surface area contributed by atoms with Gasteiger partial charge in [0.05, 0.1) is 26.4 Å². The van der Waals surface area contributed by atoms with Crippen LogP contribution in [-0.4, -0.2) is 96.7 Å². The number of ether oxygens (including phenoxy) is 4. The lowest BCUT2D eigenvalue weighted by molar-refractivity contribution is -0.161. The molecule has 516 valence electrons. The Morgan fingerprint density at radius 1 is 0.310 bits per heavy atom. The Balaban J connectivity index is 5.16. The van der Waals surface area contributed by atoms with Crippen molar-refractivity contribution in [3.63, 3.8) is 0 Å². The summed E-state index contributed by atoms with van der Waals surface area (Å²) in [6, 6.07) is 0. The van der Waals surface area contributed by atoms with Crippen LogP contribution in [0.2, 0.25) is 0 Å². The number of aliphatic hydroxyl groups excluding tert-OH is 1. The number of carbonyl (C=O) groups excluding carboxylic acids is 4. The molecule has 0 saturated carbocycles. The average Bonchev–Trinajstić information content (AvgIpc) is 3.60. The van der Waals surface area contributed by atoms with E-state index in [9.17, 15) is 43.2 Å². The van der Waals surface area contributed by atoms with Gasteiger partial charge in [-0.1, -0.05) is 298 Å². The van der Waals surface area contributed by atoms with E-state index in [2.05, 4.69) is 34.6 Å². The van der Waals surface area contributed by atoms with Gasteiger partial charge >= 0.3 is 39.5 Å². The highest BCUT2D eigenvalue weighted by Gasteiger charge is 2.30. The first-order valence-electron chi connectivity index (χ1n) is 35.6. The normalized spacial score (nSPS) is 14.1. The molecule has 0 aliphatic rings. The Morgan fingerprint density at radius 2 is 0.529 bits per heavy atom. The molecule has 0 aromatic rings. The Kier molecular flexibility index (Phi) is 60.2. The fourth-order valence-corrected chi connectivity index (χ4v) is 11.9. The minimum atomic E-state index is -4.95. The average molecular weight is 1280 g/mol. The third-order valence-corrected chi connectivity index (χ3v) is 17.7. The summed E-state index contributed by atoms with van der Waals surface area (Å²) in [7, 11) is -9.89. The van der Waals surface area contributed by atoms with E-state index in [1.807, 2.05) is 0 Å². The number of phosphoric ester groups is 2. The largest absolute Gasteiger partial charge is 0.472 e. The molecule has 0 aliphatic carbocycles. The number of aliphatic hydroxyl groups is 1. The number of hydrogen-bond donors (Lipinski definition) is 3. The maximum Gasteiger partial charge on any atom is 0.472 e. The number of rotatable bonds is 68. The maximum absolute atomic E-state index is 13.0. The molecule has 87 heavy (non-hydrogen) atoms. The van der Waals surface area contributed by atoms with Gasteiger partial charge in [0.25, 0.3) is 0 Å². The van der Waals surface area contributed by atoms with Crippen molar-refractivity contribution in [2.75, 3.05) is 39.6 Å². The molecule has 0 aromatic heterocycles. The van der Waals surface area contributed by atoms with Crippen LogP contribution in [0.4, 0.5) is 0 Å². The topological polar surface area (TPSA) is 237 Å². The van der Waals surface area contributed by atoms with Gasteiger partial charge in [-0.15, -0.1) is 0 Å². The van der Waals surface area contributed by atoms with Crippen LogP contribution in [0.5, 0.6) is 0 Å². The molecule has 0 aromatic carbocycles. The first-order chi connectivity index (χ1) is 42.0. The Bertz CT molecular complexity index is 1690.